The SMILES string of the molecule is [NH3+]C(=O)C1CCCCN1CCCN(C(=O)c1cccs1)c1nc(-c2cc(-c3ccccc3)no2)cs1. The Morgan fingerprint density at radius 1 is 1.11 bits per heavy atom. The van der Waals surface area contributed by atoms with Crippen LogP contribution in [0.2, 0.25) is 0 Å². The molecule has 1 aliphatic rings. The number of quaternary nitrogens is 1. The molecule has 186 valence electrons. The van der Waals surface area contributed by atoms with Crippen molar-refractivity contribution in [3.05, 3.63) is 64.2 Å². The standard InChI is InChI=1S/C26H27N5O3S2/c27-24(32)21-10-4-5-12-30(21)13-7-14-31(25(33)23-11-6-15-35-23)26-28-20(17-36-26)22-16-19(29-34-22)18-8-2-1-3-9-18/h1-3,6,8-9,11,15-17,21H,4-5,7,10,12-14H2,(H2,27,32)/p+1. The fraction of sp³-hybridized carbons (Fsp3) is 0.308. The van der Waals surface area contributed by atoms with Crippen molar-refractivity contribution in [2.75, 3.05) is 24.5 Å². The van der Waals surface area contributed by atoms with E-state index < -0.39 is 0 Å². The maximum absolute atomic E-state index is 13.4. The van der Waals surface area contributed by atoms with Crippen molar-refractivity contribution < 1.29 is 19.8 Å². The summed E-state index contributed by atoms with van der Waals surface area (Å²) >= 11 is 2.83. The second kappa shape index (κ2) is 11.3. The molecule has 1 saturated heterocycles. The molecule has 1 aliphatic heterocycles. The van der Waals surface area contributed by atoms with Gasteiger partial charge in [0.1, 0.15) is 17.4 Å². The van der Waals surface area contributed by atoms with Gasteiger partial charge in [0.15, 0.2) is 10.9 Å². The average Bonchev–Trinajstić information content (AvgIpc) is 3.68. The third-order valence-corrected chi connectivity index (χ3v) is 8.07. The van der Waals surface area contributed by atoms with Crippen molar-refractivity contribution in [3.8, 4) is 22.7 Å². The van der Waals surface area contributed by atoms with Gasteiger partial charge < -0.3 is 4.52 Å². The molecule has 3 N–H and O–H groups in total. The van der Waals surface area contributed by atoms with Crippen LogP contribution < -0.4 is 10.6 Å². The third kappa shape index (κ3) is 5.46. The minimum atomic E-state index is -0.114. The summed E-state index contributed by atoms with van der Waals surface area (Å²) in [4.78, 5) is 34.7. The molecule has 2 amide bonds. The lowest BCUT2D eigenvalue weighted by Crippen LogP contribution is -2.66. The van der Waals surface area contributed by atoms with E-state index >= 15 is 0 Å². The van der Waals surface area contributed by atoms with Crippen molar-refractivity contribution >= 4 is 39.6 Å². The van der Waals surface area contributed by atoms with Gasteiger partial charge in [0, 0.05) is 30.1 Å². The fourth-order valence-corrected chi connectivity index (χ4v) is 6.03. The van der Waals surface area contributed by atoms with Gasteiger partial charge in [0.25, 0.3) is 5.91 Å². The van der Waals surface area contributed by atoms with E-state index in [4.69, 9.17) is 9.51 Å². The first-order chi connectivity index (χ1) is 17.6. The van der Waals surface area contributed by atoms with Gasteiger partial charge in [-0.15, -0.1) is 22.7 Å². The van der Waals surface area contributed by atoms with E-state index in [1.165, 1.54) is 22.7 Å². The average molecular weight is 523 g/mol. The summed E-state index contributed by atoms with van der Waals surface area (Å²) < 4.78 is 5.57. The highest BCUT2D eigenvalue weighted by molar-refractivity contribution is 7.14. The molecule has 10 heteroatoms. The second-order valence-corrected chi connectivity index (χ2v) is 10.5. The zero-order valence-corrected chi connectivity index (χ0v) is 21.5. The minimum Gasteiger partial charge on any atom is -0.354 e. The Morgan fingerprint density at radius 2 is 1.97 bits per heavy atom. The zero-order valence-electron chi connectivity index (χ0n) is 19.8. The summed E-state index contributed by atoms with van der Waals surface area (Å²) in [5, 5.41) is 8.59. The lowest BCUT2D eigenvalue weighted by atomic mass is 10.0. The first-order valence-electron chi connectivity index (χ1n) is 12.0. The Balaban J connectivity index is 1.33. The molecule has 1 fully saturated rings. The molecular formula is C26H28N5O3S2+. The molecule has 0 bridgehead atoms. The highest BCUT2D eigenvalue weighted by atomic mass is 32.1. The molecule has 1 atom stereocenters. The van der Waals surface area contributed by atoms with Crippen LogP contribution in [0.4, 0.5) is 5.13 Å². The van der Waals surface area contributed by atoms with Gasteiger partial charge in [0.05, 0.1) is 4.88 Å². The molecular weight excluding hydrogens is 494 g/mol. The van der Waals surface area contributed by atoms with Crippen molar-refractivity contribution in [1.82, 2.24) is 15.0 Å². The number of hydrogen-bond donors (Lipinski definition) is 1. The number of hydrogen-bond acceptors (Lipinski definition) is 8. The van der Waals surface area contributed by atoms with E-state index in [1.807, 2.05) is 59.3 Å². The van der Waals surface area contributed by atoms with Crippen LogP contribution in [-0.4, -0.2) is 52.5 Å². The van der Waals surface area contributed by atoms with Crippen LogP contribution in [0, 0.1) is 0 Å². The summed E-state index contributed by atoms with van der Waals surface area (Å²) in [6.07, 6.45) is 3.73. The van der Waals surface area contributed by atoms with Gasteiger partial charge in [-0.05, 0) is 43.7 Å². The van der Waals surface area contributed by atoms with Crippen molar-refractivity contribution in [3.63, 3.8) is 0 Å². The van der Waals surface area contributed by atoms with Crippen LogP contribution in [0.15, 0.2) is 63.8 Å². The van der Waals surface area contributed by atoms with Gasteiger partial charge in [-0.1, -0.05) is 41.6 Å². The number of aromatic nitrogens is 2. The number of thiophene rings is 1. The van der Waals surface area contributed by atoms with Crippen molar-refractivity contribution in [2.24, 2.45) is 0 Å². The number of rotatable bonds is 9. The molecule has 3 aromatic heterocycles. The summed E-state index contributed by atoms with van der Waals surface area (Å²) in [6, 6.07) is 15.3. The number of thiazole rings is 1. The second-order valence-electron chi connectivity index (χ2n) is 8.76. The van der Waals surface area contributed by atoms with Gasteiger partial charge in [-0.2, -0.15) is 0 Å². The number of likely N-dealkylation sites (tertiary alicyclic amines) is 1. The fourth-order valence-electron chi connectivity index (χ4n) is 4.51. The van der Waals surface area contributed by atoms with E-state index in [9.17, 15) is 9.59 Å². The number of amides is 2. The van der Waals surface area contributed by atoms with E-state index in [-0.39, 0.29) is 17.9 Å². The monoisotopic (exact) mass is 522 g/mol. The molecule has 8 nitrogen and oxygen atoms in total. The van der Waals surface area contributed by atoms with Crippen LogP contribution in [0.1, 0.15) is 35.4 Å². The molecule has 0 spiro atoms. The first kappa shape index (κ1) is 24.5. The largest absolute Gasteiger partial charge is 0.354 e. The maximum atomic E-state index is 13.4. The third-order valence-electron chi connectivity index (χ3n) is 6.34. The molecule has 4 aromatic rings. The maximum Gasteiger partial charge on any atom is 0.326 e. The van der Waals surface area contributed by atoms with E-state index in [1.54, 1.807) is 4.90 Å². The minimum absolute atomic E-state index is 0.0206. The zero-order chi connectivity index (χ0) is 24.9. The number of carbonyl (C=O) groups excluding carboxylic acids is 2. The van der Waals surface area contributed by atoms with Crippen LogP contribution in [-0.2, 0) is 4.79 Å². The molecule has 1 aromatic carbocycles. The van der Waals surface area contributed by atoms with Gasteiger partial charge >= 0.3 is 5.91 Å². The smallest absolute Gasteiger partial charge is 0.326 e. The van der Waals surface area contributed by atoms with E-state index in [0.29, 0.717) is 28.0 Å². The Morgan fingerprint density at radius 3 is 2.75 bits per heavy atom. The Hall–Kier alpha value is -3.18. The number of benzene rings is 1. The van der Waals surface area contributed by atoms with Crippen molar-refractivity contribution in [2.45, 2.75) is 31.7 Å². The number of carbonyl (C=O) groups is 2. The number of anilines is 1. The highest BCUT2D eigenvalue weighted by Gasteiger charge is 2.29. The molecule has 5 rings (SSSR count). The van der Waals surface area contributed by atoms with Gasteiger partial charge in [-0.25, -0.2) is 9.78 Å². The summed E-state index contributed by atoms with van der Waals surface area (Å²) in [5.41, 5.74) is 6.00. The lowest BCUT2D eigenvalue weighted by molar-refractivity contribution is -0.312. The van der Waals surface area contributed by atoms with Crippen LogP contribution in [0.5, 0.6) is 0 Å². The Kier molecular flexibility index (Phi) is 7.66. The molecule has 1 unspecified atom stereocenters. The topological polar surface area (TPSA) is 107 Å². The quantitative estimate of drug-likeness (QED) is 0.353. The summed E-state index contributed by atoms with van der Waals surface area (Å²) in [6.45, 7) is 2.13. The van der Waals surface area contributed by atoms with Crippen LogP contribution >= 0.6 is 22.7 Å². The Labute approximate surface area is 217 Å². The predicted octanol–water partition coefficient (Wildman–Crippen LogP) is 4.19. The normalized spacial score (nSPS) is 16.2. The lowest BCUT2D eigenvalue weighted by Gasteiger charge is -2.32. The van der Waals surface area contributed by atoms with Gasteiger partial charge in [-0.3, -0.25) is 20.3 Å². The highest BCUT2D eigenvalue weighted by Crippen LogP contribution is 2.31. The van der Waals surface area contributed by atoms with Crippen molar-refractivity contribution in [1.29, 1.82) is 0 Å². The summed E-state index contributed by atoms with van der Waals surface area (Å²) in [7, 11) is 0. The molecule has 4 heterocycles. The molecule has 36 heavy (non-hydrogen) atoms. The van der Waals surface area contributed by atoms with Crippen LogP contribution in [0.3, 0.4) is 0 Å². The number of nitrogens with zero attached hydrogens (tertiary/aromatic N) is 4. The molecule has 0 aliphatic carbocycles. The van der Waals surface area contributed by atoms with E-state index in [0.717, 1.165) is 50.0 Å². The molecule has 0 radical (unpaired) electrons. The van der Waals surface area contributed by atoms with Crippen LogP contribution in [0.25, 0.3) is 22.7 Å². The Bertz CT molecular complexity index is 1300. The predicted molar refractivity (Wildman–Crippen MR) is 141 cm³/mol. The van der Waals surface area contributed by atoms with Gasteiger partial charge in [0.2, 0.25) is 0 Å². The number of piperidine rings is 1. The first-order valence-corrected chi connectivity index (χ1v) is 13.8. The summed E-state index contributed by atoms with van der Waals surface area (Å²) in [5.74, 6) is 0.467. The van der Waals surface area contributed by atoms with E-state index in [2.05, 4.69) is 15.8 Å². The molecule has 0 saturated carbocycles.